The molecule has 4 rings (SSSR count). The molecular weight excluding hydrogens is 433 g/mol. The van der Waals surface area contributed by atoms with Crippen molar-refractivity contribution < 1.29 is 4.79 Å². The van der Waals surface area contributed by atoms with E-state index in [2.05, 4.69) is 32.8 Å². The van der Waals surface area contributed by atoms with E-state index in [1.807, 2.05) is 18.2 Å². The van der Waals surface area contributed by atoms with Crippen LogP contribution >= 0.6 is 46.3 Å². The molecule has 0 radical (unpaired) electrons. The Balaban J connectivity index is 1.56. The van der Waals surface area contributed by atoms with Gasteiger partial charge in [-0.3, -0.25) is 4.79 Å². The molecule has 0 spiro atoms. The predicted molar refractivity (Wildman–Crippen MR) is 119 cm³/mol. The van der Waals surface area contributed by atoms with Crippen LogP contribution in [-0.2, 0) is 4.79 Å². The molecule has 0 atom stereocenters. The number of amides is 1. The van der Waals surface area contributed by atoms with E-state index in [1.54, 1.807) is 29.5 Å². The molecule has 0 saturated carbocycles. The molecule has 0 aliphatic rings. The Bertz CT molecular complexity index is 1150. The van der Waals surface area contributed by atoms with Crippen LogP contribution in [0.25, 0.3) is 21.3 Å². The number of hydrogen-bond acceptors (Lipinski definition) is 5. The van der Waals surface area contributed by atoms with E-state index in [1.165, 1.54) is 18.1 Å². The minimum Gasteiger partial charge on any atom is -0.324 e. The standard InChI is InChI=1S/C20H13Cl2N3OS2/c21-14-7-4-8-15(18(14)22)25-16(26)10-28-20-17-13(12-5-2-1-3-6-12)9-27-19(17)23-11-24-20/h1-9,11H,10H2,(H,25,26). The monoisotopic (exact) mass is 445 g/mol. The van der Waals surface area contributed by atoms with Crippen LogP contribution in [0.2, 0.25) is 10.0 Å². The number of nitrogens with one attached hydrogen (secondary N) is 1. The highest BCUT2D eigenvalue weighted by molar-refractivity contribution is 8.00. The molecule has 8 heteroatoms. The second-order valence-corrected chi connectivity index (χ2v) is 8.42. The van der Waals surface area contributed by atoms with Crippen LogP contribution in [-0.4, -0.2) is 21.6 Å². The van der Waals surface area contributed by atoms with E-state index >= 15 is 0 Å². The summed E-state index contributed by atoms with van der Waals surface area (Å²) in [6.07, 6.45) is 1.53. The van der Waals surface area contributed by atoms with Crippen molar-refractivity contribution in [1.29, 1.82) is 0 Å². The largest absolute Gasteiger partial charge is 0.324 e. The van der Waals surface area contributed by atoms with Crippen LogP contribution in [0.4, 0.5) is 5.69 Å². The van der Waals surface area contributed by atoms with Crippen molar-refractivity contribution in [3.63, 3.8) is 0 Å². The van der Waals surface area contributed by atoms with Gasteiger partial charge in [-0.25, -0.2) is 9.97 Å². The number of hydrogen-bond donors (Lipinski definition) is 1. The molecule has 2 aromatic carbocycles. The number of halogens is 2. The van der Waals surface area contributed by atoms with Gasteiger partial charge in [-0.05, 0) is 17.7 Å². The summed E-state index contributed by atoms with van der Waals surface area (Å²) in [5.74, 6) is 0.0105. The Morgan fingerprint density at radius 1 is 1.07 bits per heavy atom. The Kier molecular flexibility index (Phi) is 5.82. The SMILES string of the molecule is O=C(CSc1ncnc2scc(-c3ccccc3)c12)Nc1cccc(Cl)c1Cl. The van der Waals surface area contributed by atoms with Crippen LogP contribution in [0, 0.1) is 0 Å². The van der Waals surface area contributed by atoms with Gasteiger partial charge < -0.3 is 5.32 Å². The van der Waals surface area contributed by atoms with E-state index in [0.29, 0.717) is 15.7 Å². The molecule has 0 fully saturated rings. The molecule has 2 heterocycles. The summed E-state index contributed by atoms with van der Waals surface area (Å²) in [5.41, 5.74) is 2.66. The Morgan fingerprint density at radius 3 is 2.71 bits per heavy atom. The highest BCUT2D eigenvalue weighted by Crippen LogP contribution is 2.38. The molecule has 2 aromatic heterocycles. The zero-order valence-electron chi connectivity index (χ0n) is 14.4. The third kappa shape index (κ3) is 4.00. The Morgan fingerprint density at radius 2 is 1.89 bits per heavy atom. The van der Waals surface area contributed by atoms with E-state index < -0.39 is 0 Å². The average Bonchev–Trinajstić information content (AvgIpc) is 3.15. The number of carbonyl (C=O) groups excluding carboxylic acids is 1. The first-order chi connectivity index (χ1) is 13.6. The second kappa shape index (κ2) is 8.49. The lowest BCUT2D eigenvalue weighted by Gasteiger charge is -2.08. The fourth-order valence-corrected chi connectivity index (χ4v) is 4.85. The lowest BCUT2D eigenvalue weighted by atomic mass is 10.1. The number of thioether (sulfide) groups is 1. The third-order valence-corrected chi connectivity index (χ3v) is 6.68. The van der Waals surface area contributed by atoms with Crippen LogP contribution < -0.4 is 5.32 Å². The van der Waals surface area contributed by atoms with E-state index in [4.69, 9.17) is 23.2 Å². The van der Waals surface area contributed by atoms with Gasteiger partial charge in [-0.2, -0.15) is 0 Å². The van der Waals surface area contributed by atoms with Gasteiger partial charge in [0.15, 0.2) is 0 Å². The van der Waals surface area contributed by atoms with Gasteiger partial charge in [0.05, 0.1) is 26.9 Å². The zero-order chi connectivity index (χ0) is 19.5. The van der Waals surface area contributed by atoms with E-state index in [-0.39, 0.29) is 11.7 Å². The minimum absolute atomic E-state index is 0.183. The van der Waals surface area contributed by atoms with Gasteiger partial charge in [0, 0.05) is 10.9 Å². The van der Waals surface area contributed by atoms with Crippen LogP contribution in [0.5, 0.6) is 0 Å². The molecule has 140 valence electrons. The number of aromatic nitrogens is 2. The van der Waals surface area contributed by atoms with Gasteiger partial charge >= 0.3 is 0 Å². The number of rotatable bonds is 5. The number of fused-ring (bicyclic) bond motifs is 1. The maximum Gasteiger partial charge on any atom is 0.234 e. The minimum atomic E-state index is -0.183. The number of nitrogens with zero attached hydrogens (tertiary/aromatic N) is 2. The molecular formula is C20H13Cl2N3OS2. The molecule has 1 N–H and O–H groups in total. The molecule has 28 heavy (non-hydrogen) atoms. The summed E-state index contributed by atoms with van der Waals surface area (Å²) in [7, 11) is 0. The number of carbonyl (C=O) groups is 1. The van der Waals surface area contributed by atoms with Gasteiger partial charge in [0.2, 0.25) is 5.91 Å². The summed E-state index contributed by atoms with van der Waals surface area (Å²) in [4.78, 5) is 22.1. The summed E-state index contributed by atoms with van der Waals surface area (Å²) in [6.45, 7) is 0. The van der Waals surface area contributed by atoms with Gasteiger partial charge in [-0.15, -0.1) is 11.3 Å². The molecule has 0 unspecified atom stereocenters. The predicted octanol–water partition coefficient (Wildman–Crippen LogP) is 6.40. The topological polar surface area (TPSA) is 54.9 Å². The van der Waals surface area contributed by atoms with Gasteiger partial charge in [-0.1, -0.05) is 71.4 Å². The maximum absolute atomic E-state index is 12.4. The number of benzene rings is 2. The summed E-state index contributed by atoms with van der Waals surface area (Å²) < 4.78 is 0. The second-order valence-electron chi connectivity index (χ2n) is 5.81. The third-order valence-electron chi connectivity index (χ3n) is 3.99. The van der Waals surface area contributed by atoms with Crippen molar-refractivity contribution in [3.05, 3.63) is 70.3 Å². The molecule has 0 bridgehead atoms. The first-order valence-electron chi connectivity index (χ1n) is 8.28. The first kappa shape index (κ1) is 19.2. The molecule has 4 aromatic rings. The molecule has 0 aliphatic heterocycles. The van der Waals surface area contributed by atoms with Crippen LogP contribution in [0.3, 0.4) is 0 Å². The summed E-state index contributed by atoms with van der Waals surface area (Å²) in [6, 6.07) is 15.2. The number of anilines is 1. The zero-order valence-corrected chi connectivity index (χ0v) is 17.5. The summed E-state index contributed by atoms with van der Waals surface area (Å²) >= 11 is 15.1. The quantitative estimate of drug-likeness (QED) is 0.285. The van der Waals surface area contributed by atoms with Crippen molar-refractivity contribution in [2.45, 2.75) is 5.03 Å². The van der Waals surface area contributed by atoms with Crippen LogP contribution in [0.1, 0.15) is 0 Å². The molecule has 0 aliphatic carbocycles. The fraction of sp³-hybridized carbons (Fsp3) is 0.0500. The molecule has 0 saturated heterocycles. The molecule has 4 nitrogen and oxygen atoms in total. The highest BCUT2D eigenvalue weighted by Gasteiger charge is 2.15. The van der Waals surface area contributed by atoms with Gasteiger partial charge in [0.25, 0.3) is 0 Å². The van der Waals surface area contributed by atoms with Crippen molar-refractivity contribution in [1.82, 2.24) is 9.97 Å². The van der Waals surface area contributed by atoms with Crippen molar-refractivity contribution >= 4 is 68.1 Å². The smallest absolute Gasteiger partial charge is 0.234 e. The van der Waals surface area contributed by atoms with Crippen LogP contribution in [0.15, 0.2) is 65.3 Å². The Hall–Kier alpha value is -2.12. The summed E-state index contributed by atoms with van der Waals surface area (Å²) in [5, 5.41) is 7.34. The van der Waals surface area contributed by atoms with E-state index in [0.717, 1.165) is 26.4 Å². The van der Waals surface area contributed by atoms with Crippen molar-refractivity contribution in [3.8, 4) is 11.1 Å². The Labute approximate surface area is 179 Å². The maximum atomic E-state index is 12.4. The molecule has 1 amide bonds. The van der Waals surface area contributed by atoms with E-state index in [9.17, 15) is 4.79 Å². The fourth-order valence-electron chi connectivity index (χ4n) is 2.71. The first-order valence-corrected chi connectivity index (χ1v) is 10.9. The van der Waals surface area contributed by atoms with Gasteiger partial charge in [0.1, 0.15) is 16.2 Å². The normalized spacial score (nSPS) is 10.9. The lowest BCUT2D eigenvalue weighted by molar-refractivity contribution is -0.113. The highest BCUT2D eigenvalue weighted by atomic mass is 35.5. The number of thiophene rings is 1. The lowest BCUT2D eigenvalue weighted by Crippen LogP contribution is -2.14. The van der Waals surface area contributed by atoms with Crippen molar-refractivity contribution in [2.75, 3.05) is 11.1 Å². The average molecular weight is 446 g/mol. The van der Waals surface area contributed by atoms with Crippen molar-refractivity contribution in [2.24, 2.45) is 0 Å².